The van der Waals surface area contributed by atoms with Crippen LogP contribution in [0.1, 0.15) is 41.8 Å². The molecule has 2 rings (SSSR count). The van der Waals surface area contributed by atoms with Gasteiger partial charge < -0.3 is 14.8 Å². The summed E-state index contributed by atoms with van der Waals surface area (Å²) in [6.45, 7) is 8.66. The number of hydrogen-bond donors (Lipinski definition) is 3. The van der Waals surface area contributed by atoms with Crippen molar-refractivity contribution in [3.8, 4) is 11.5 Å². The quantitative estimate of drug-likeness (QED) is 0.520. The number of nitrogens with one attached hydrogen (secondary N) is 3. The summed E-state index contributed by atoms with van der Waals surface area (Å²) in [5.41, 5.74) is 8.06. The minimum absolute atomic E-state index is 0.0128. The second kappa shape index (κ2) is 11.3. The first-order valence-electron chi connectivity index (χ1n) is 9.85. The zero-order chi connectivity index (χ0) is 22.1. The van der Waals surface area contributed by atoms with Crippen molar-refractivity contribution in [3.05, 3.63) is 52.0 Å². The van der Waals surface area contributed by atoms with E-state index in [9.17, 15) is 9.59 Å². The number of aryl methyl sites for hydroxylation is 2. The van der Waals surface area contributed by atoms with Crippen LogP contribution in [0.5, 0.6) is 11.5 Å². The molecular formula is C22H28ClN3O4. The topological polar surface area (TPSA) is 88.7 Å². The van der Waals surface area contributed by atoms with Gasteiger partial charge in [0.15, 0.2) is 11.5 Å². The van der Waals surface area contributed by atoms with E-state index in [1.165, 1.54) is 12.1 Å². The summed E-state index contributed by atoms with van der Waals surface area (Å²) in [7, 11) is 0. The van der Waals surface area contributed by atoms with Gasteiger partial charge in [0.05, 0.1) is 24.8 Å². The molecule has 0 unspecified atom stereocenters. The molecule has 7 nitrogen and oxygen atoms in total. The second-order valence-electron chi connectivity index (χ2n) is 6.74. The lowest BCUT2D eigenvalue weighted by atomic mass is 10.1. The predicted molar refractivity (Wildman–Crippen MR) is 118 cm³/mol. The van der Waals surface area contributed by atoms with Crippen LogP contribution in [0, 0.1) is 13.8 Å². The smallest absolute Gasteiger partial charge is 0.269 e. The number of carbonyl (C=O) groups is 2. The Morgan fingerprint density at radius 1 is 1.03 bits per heavy atom. The first-order chi connectivity index (χ1) is 14.3. The summed E-state index contributed by atoms with van der Waals surface area (Å²) in [4.78, 5) is 24.5. The first kappa shape index (κ1) is 23.3. The van der Waals surface area contributed by atoms with Gasteiger partial charge in [-0.15, -0.1) is 0 Å². The van der Waals surface area contributed by atoms with E-state index in [0.29, 0.717) is 24.7 Å². The number of hydrazine groups is 1. The highest BCUT2D eigenvalue weighted by Crippen LogP contribution is 2.36. The molecule has 0 fully saturated rings. The fourth-order valence-electron chi connectivity index (χ4n) is 2.74. The maximum absolute atomic E-state index is 12.4. The third-order valence-electron chi connectivity index (χ3n) is 4.16. The molecule has 0 heterocycles. The SMILES string of the molecule is CCCOc1c(Cl)cc(C(=O)NNC(=O)CNc2ccc(C)cc2C)cc1OCC. The normalized spacial score (nSPS) is 10.3. The molecule has 0 atom stereocenters. The summed E-state index contributed by atoms with van der Waals surface area (Å²) in [5, 5.41) is 3.31. The van der Waals surface area contributed by atoms with Crippen LogP contribution in [0.3, 0.4) is 0 Å². The largest absolute Gasteiger partial charge is 0.490 e. The van der Waals surface area contributed by atoms with Crippen molar-refractivity contribution < 1.29 is 19.1 Å². The van der Waals surface area contributed by atoms with E-state index in [4.69, 9.17) is 21.1 Å². The Bertz CT molecular complexity index is 902. The predicted octanol–water partition coefficient (Wildman–Crippen LogP) is 4.02. The van der Waals surface area contributed by atoms with Gasteiger partial charge in [0.2, 0.25) is 0 Å². The van der Waals surface area contributed by atoms with Crippen LogP contribution in [0.4, 0.5) is 5.69 Å². The summed E-state index contributed by atoms with van der Waals surface area (Å²) in [6.07, 6.45) is 0.812. The number of amides is 2. The molecule has 0 saturated carbocycles. The lowest BCUT2D eigenvalue weighted by molar-refractivity contribution is -0.120. The highest BCUT2D eigenvalue weighted by Gasteiger charge is 2.17. The van der Waals surface area contributed by atoms with Gasteiger partial charge in [0, 0.05) is 11.3 Å². The molecule has 8 heteroatoms. The maximum atomic E-state index is 12.4. The fourth-order valence-corrected chi connectivity index (χ4v) is 3.00. The van der Waals surface area contributed by atoms with E-state index in [-0.39, 0.29) is 23.0 Å². The molecule has 3 N–H and O–H groups in total. The van der Waals surface area contributed by atoms with E-state index in [1.54, 1.807) is 0 Å². The summed E-state index contributed by atoms with van der Waals surface area (Å²) >= 11 is 6.27. The molecule has 0 bridgehead atoms. The Hall–Kier alpha value is -2.93. The Balaban J connectivity index is 1.97. The molecule has 2 aromatic rings. The van der Waals surface area contributed by atoms with Crippen LogP contribution in [0.15, 0.2) is 30.3 Å². The van der Waals surface area contributed by atoms with Gasteiger partial charge in [0.1, 0.15) is 0 Å². The van der Waals surface area contributed by atoms with Gasteiger partial charge >= 0.3 is 0 Å². The number of hydrogen-bond acceptors (Lipinski definition) is 5. The van der Waals surface area contributed by atoms with Crippen molar-refractivity contribution in [1.29, 1.82) is 0 Å². The Labute approximate surface area is 182 Å². The molecule has 0 aliphatic rings. The van der Waals surface area contributed by atoms with Gasteiger partial charge in [-0.25, -0.2) is 0 Å². The van der Waals surface area contributed by atoms with E-state index in [1.807, 2.05) is 45.9 Å². The zero-order valence-corrected chi connectivity index (χ0v) is 18.5. The molecule has 0 aromatic heterocycles. The van der Waals surface area contributed by atoms with Gasteiger partial charge in [-0.05, 0) is 51.0 Å². The number of benzene rings is 2. The standard InChI is InChI=1S/C22H28ClN3O4/c1-5-9-30-21-17(23)11-16(12-19(21)29-6-2)22(28)26-25-20(27)13-24-18-8-7-14(3)10-15(18)4/h7-8,10-12,24H,5-6,9,13H2,1-4H3,(H,25,27)(H,26,28). The Morgan fingerprint density at radius 3 is 2.47 bits per heavy atom. The average Bonchev–Trinajstić information content (AvgIpc) is 2.70. The van der Waals surface area contributed by atoms with Crippen molar-refractivity contribution in [2.75, 3.05) is 25.1 Å². The number of anilines is 1. The van der Waals surface area contributed by atoms with Crippen LogP contribution < -0.4 is 25.6 Å². The van der Waals surface area contributed by atoms with Crippen LogP contribution >= 0.6 is 11.6 Å². The van der Waals surface area contributed by atoms with Gasteiger partial charge in [-0.2, -0.15) is 0 Å². The van der Waals surface area contributed by atoms with Crippen LogP contribution in [-0.4, -0.2) is 31.6 Å². The van der Waals surface area contributed by atoms with Gasteiger partial charge in [0.25, 0.3) is 11.8 Å². The number of ether oxygens (including phenoxy) is 2. The molecule has 0 aliphatic carbocycles. The number of halogens is 1. The van der Waals surface area contributed by atoms with Crippen molar-refractivity contribution in [1.82, 2.24) is 10.9 Å². The lowest BCUT2D eigenvalue weighted by Crippen LogP contribution is -2.44. The molecule has 0 spiro atoms. The molecule has 2 amide bonds. The molecule has 2 aromatic carbocycles. The van der Waals surface area contributed by atoms with Crippen molar-refractivity contribution in [2.45, 2.75) is 34.1 Å². The molecule has 162 valence electrons. The van der Waals surface area contributed by atoms with Crippen molar-refractivity contribution in [2.24, 2.45) is 0 Å². The fraction of sp³-hybridized carbons (Fsp3) is 0.364. The molecule has 30 heavy (non-hydrogen) atoms. The zero-order valence-electron chi connectivity index (χ0n) is 17.7. The van der Waals surface area contributed by atoms with E-state index in [0.717, 1.165) is 23.2 Å². The number of rotatable bonds is 9. The Morgan fingerprint density at radius 2 is 1.80 bits per heavy atom. The number of carbonyl (C=O) groups excluding carboxylic acids is 2. The third-order valence-corrected chi connectivity index (χ3v) is 4.44. The molecular weight excluding hydrogens is 406 g/mol. The van der Waals surface area contributed by atoms with Crippen LogP contribution in [-0.2, 0) is 4.79 Å². The van der Waals surface area contributed by atoms with E-state index < -0.39 is 5.91 Å². The minimum atomic E-state index is -0.514. The summed E-state index contributed by atoms with van der Waals surface area (Å²) in [6, 6.07) is 8.91. The molecule has 0 aliphatic heterocycles. The maximum Gasteiger partial charge on any atom is 0.269 e. The monoisotopic (exact) mass is 433 g/mol. The van der Waals surface area contributed by atoms with Crippen molar-refractivity contribution >= 4 is 29.1 Å². The summed E-state index contributed by atoms with van der Waals surface area (Å²) < 4.78 is 11.2. The molecule has 0 radical (unpaired) electrons. The highest BCUT2D eigenvalue weighted by atomic mass is 35.5. The minimum Gasteiger partial charge on any atom is -0.490 e. The Kier molecular flexibility index (Phi) is 8.80. The van der Waals surface area contributed by atoms with E-state index >= 15 is 0 Å². The first-order valence-corrected chi connectivity index (χ1v) is 10.2. The van der Waals surface area contributed by atoms with Crippen molar-refractivity contribution in [3.63, 3.8) is 0 Å². The van der Waals surface area contributed by atoms with Crippen LogP contribution in [0.25, 0.3) is 0 Å². The average molecular weight is 434 g/mol. The van der Waals surface area contributed by atoms with Gasteiger partial charge in [-0.1, -0.05) is 36.2 Å². The lowest BCUT2D eigenvalue weighted by Gasteiger charge is -2.15. The van der Waals surface area contributed by atoms with E-state index in [2.05, 4.69) is 16.2 Å². The third kappa shape index (κ3) is 6.56. The summed E-state index contributed by atoms with van der Waals surface area (Å²) in [5.74, 6) is -0.118. The van der Waals surface area contributed by atoms with Gasteiger partial charge in [-0.3, -0.25) is 20.4 Å². The highest BCUT2D eigenvalue weighted by molar-refractivity contribution is 6.32. The van der Waals surface area contributed by atoms with Crippen LogP contribution in [0.2, 0.25) is 5.02 Å². The molecule has 0 saturated heterocycles. The second-order valence-corrected chi connectivity index (χ2v) is 7.15.